The van der Waals surface area contributed by atoms with Gasteiger partial charge in [0.15, 0.2) is 0 Å². The number of nitrogens with zero attached hydrogens (tertiary/aromatic N) is 6. The number of hydrogen-bond donors (Lipinski definition) is 0. The van der Waals surface area contributed by atoms with Crippen molar-refractivity contribution in [2.75, 3.05) is 13.2 Å². The molecule has 5 rings (SSSR count). The molecule has 6 atom stereocenters. The van der Waals surface area contributed by atoms with E-state index in [1.165, 1.54) is 30.7 Å². The molecule has 0 amide bonds. The zero-order valence-electron chi connectivity index (χ0n) is 20.3. The van der Waals surface area contributed by atoms with E-state index < -0.39 is 20.0 Å². The van der Waals surface area contributed by atoms with E-state index in [0.29, 0.717) is 60.2 Å². The zero-order valence-corrected chi connectivity index (χ0v) is 21.9. The van der Waals surface area contributed by atoms with E-state index in [0.717, 1.165) is 19.3 Å². The third-order valence-corrected chi connectivity index (χ3v) is 10.5. The van der Waals surface area contributed by atoms with Crippen LogP contribution in [0.3, 0.4) is 0 Å². The van der Waals surface area contributed by atoms with E-state index in [1.54, 1.807) is 24.3 Å². The van der Waals surface area contributed by atoms with Gasteiger partial charge in [0.05, 0.1) is 23.0 Å². The predicted octanol–water partition coefficient (Wildman–Crippen LogP) is 5.44. The minimum absolute atomic E-state index is 0.0706. The molecule has 3 aliphatic rings. The Labute approximate surface area is 220 Å². The molecule has 12 nitrogen and oxygen atoms in total. The first kappa shape index (κ1) is 26.2. The first-order chi connectivity index (χ1) is 18.2. The van der Waals surface area contributed by atoms with Gasteiger partial charge in [0.2, 0.25) is 0 Å². The maximum atomic E-state index is 11.8. The van der Waals surface area contributed by atoms with Gasteiger partial charge in [-0.2, -0.15) is 0 Å². The number of rotatable bonds is 10. The summed E-state index contributed by atoms with van der Waals surface area (Å²) in [4.78, 5) is 4.57. The number of hydrogen-bond acceptors (Lipinski definition) is 6. The van der Waals surface area contributed by atoms with Gasteiger partial charge in [0.25, 0.3) is 20.0 Å². The number of ether oxygens (including phenoxy) is 2. The predicted molar refractivity (Wildman–Crippen MR) is 136 cm³/mol. The van der Waals surface area contributed by atoms with Crippen molar-refractivity contribution in [2.24, 2.45) is 44.5 Å². The summed E-state index contributed by atoms with van der Waals surface area (Å²) in [7, 11) is -8.02. The smallest absolute Gasteiger partial charge is 0.264 e. The Hall–Kier alpha value is -3.44. The molecule has 0 aromatic heterocycles. The van der Waals surface area contributed by atoms with Crippen LogP contribution >= 0.6 is 0 Å². The van der Waals surface area contributed by atoms with Gasteiger partial charge < -0.3 is 9.47 Å². The summed E-state index contributed by atoms with van der Waals surface area (Å²) in [5.41, 5.74) is 16.8. The lowest BCUT2D eigenvalue weighted by Gasteiger charge is -2.31. The molecule has 2 aromatic rings. The van der Waals surface area contributed by atoms with Crippen LogP contribution in [0.4, 0.5) is 0 Å². The number of azide groups is 2. The van der Waals surface area contributed by atoms with Crippen molar-refractivity contribution in [3.8, 4) is 11.5 Å². The molecule has 0 saturated heterocycles. The Morgan fingerprint density at radius 3 is 1.71 bits per heavy atom. The number of fused-ring (bicyclic) bond motifs is 5. The topological polar surface area (TPSA) is 184 Å². The maximum Gasteiger partial charge on any atom is 0.264 e. The average Bonchev–Trinajstić information content (AvgIpc) is 3.59. The van der Waals surface area contributed by atoms with Gasteiger partial charge in [0, 0.05) is 18.9 Å². The van der Waals surface area contributed by atoms with E-state index in [4.69, 9.17) is 20.5 Å². The summed E-state index contributed by atoms with van der Waals surface area (Å²) in [5.74, 6) is 4.69. The third-order valence-electron chi connectivity index (χ3n) is 8.18. The minimum atomic E-state index is -4.01. The lowest BCUT2D eigenvalue weighted by molar-refractivity contribution is 0.132. The van der Waals surface area contributed by atoms with Gasteiger partial charge in [0.1, 0.15) is 11.5 Å². The number of benzene rings is 2. The summed E-state index contributed by atoms with van der Waals surface area (Å²) >= 11 is 0. The average molecular weight is 559 g/mol. The molecule has 3 aliphatic carbocycles. The standard InChI is InChI=1S/C24H26N6O6S2/c25-27-29-37(31,32)20-5-1-18(2-6-20)35-13-15-9-22-16-11-17(23(12-16)24(22)10-15)14-36-19-3-7-21(8-4-19)38(33,34)30-28-26/h1-8,15-17,22-24H,9-14H2. The second kappa shape index (κ2) is 10.4. The van der Waals surface area contributed by atoms with Gasteiger partial charge in [-0.05, 0) is 121 Å². The Morgan fingerprint density at radius 2 is 1.18 bits per heavy atom. The van der Waals surface area contributed by atoms with Crippen molar-refractivity contribution in [3.05, 3.63) is 69.4 Å². The van der Waals surface area contributed by atoms with Gasteiger partial charge in [-0.1, -0.05) is 0 Å². The van der Waals surface area contributed by atoms with Crippen LogP contribution in [0.15, 0.2) is 67.4 Å². The van der Waals surface area contributed by atoms with Gasteiger partial charge in [-0.15, -0.1) is 0 Å². The molecule has 0 spiro atoms. The quantitative estimate of drug-likeness (QED) is 0.212. The highest BCUT2D eigenvalue weighted by Gasteiger charge is 2.55. The van der Waals surface area contributed by atoms with Crippen molar-refractivity contribution < 1.29 is 26.3 Å². The molecule has 0 N–H and O–H groups in total. The zero-order chi connectivity index (χ0) is 26.9. The van der Waals surface area contributed by atoms with Crippen LogP contribution in [0, 0.1) is 35.5 Å². The van der Waals surface area contributed by atoms with Crippen LogP contribution in [0.1, 0.15) is 25.7 Å². The highest BCUT2D eigenvalue weighted by molar-refractivity contribution is 7.90. The Morgan fingerprint density at radius 1 is 0.684 bits per heavy atom. The molecule has 0 radical (unpaired) electrons. The summed E-state index contributed by atoms with van der Waals surface area (Å²) in [6.45, 7) is 1.15. The molecule has 38 heavy (non-hydrogen) atoms. The lowest BCUT2D eigenvalue weighted by Crippen LogP contribution is -2.28. The van der Waals surface area contributed by atoms with E-state index in [1.807, 2.05) is 0 Å². The SMILES string of the molecule is [N-]=[N+]=NS(=O)(=O)c1ccc(OCC2CC3C4CC(COc5ccc(S(=O)(=O)N=[N+]=[N-])cc5)C(C4)C3C2)cc1. The summed E-state index contributed by atoms with van der Waals surface area (Å²) in [6, 6.07) is 11.8. The molecule has 200 valence electrons. The lowest BCUT2D eigenvalue weighted by atomic mass is 9.76. The van der Waals surface area contributed by atoms with Crippen molar-refractivity contribution >= 4 is 20.0 Å². The fourth-order valence-electron chi connectivity index (χ4n) is 6.68. The maximum absolute atomic E-state index is 11.8. The first-order valence-corrected chi connectivity index (χ1v) is 15.2. The van der Waals surface area contributed by atoms with Crippen molar-refractivity contribution in [3.63, 3.8) is 0 Å². The normalized spacial score (nSPS) is 27.7. The fourth-order valence-corrected chi connectivity index (χ4v) is 8.02. The van der Waals surface area contributed by atoms with Crippen molar-refractivity contribution in [1.82, 2.24) is 0 Å². The molecule has 2 bridgehead atoms. The second-order valence-electron chi connectivity index (χ2n) is 10.2. The van der Waals surface area contributed by atoms with Gasteiger partial charge >= 0.3 is 0 Å². The van der Waals surface area contributed by atoms with Crippen LogP contribution in [0.25, 0.3) is 20.9 Å². The fraction of sp³-hybridized carbons (Fsp3) is 0.500. The molecule has 14 heteroatoms. The van der Waals surface area contributed by atoms with Crippen LogP contribution in [-0.2, 0) is 20.0 Å². The molecule has 3 saturated carbocycles. The molecule has 6 unspecified atom stereocenters. The molecular weight excluding hydrogens is 532 g/mol. The van der Waals surface area contributed by atoms with Gasteiger partial charge in [-0.25, -0.2) is 16.8 Å². The molecular formula is C24H26N6O6S2. The highest BCUT2D eigenvalue weighted by Crippen LogP contribution is 2.62. The summed E-state index contributed by atoms with van der Waals surface area (Å²) < 4.78 is 64.9. The van der Waals surface area contributed by atoms with Crippen LogP contribution in [-0.4, -0.2) is 30.0 Å². The van der Waals surface area contributed by atoms with Crippen LogP contribution in [0.2, 0.25) is 0 Å². The Kier molecular flexibility index (Phi) is 7.15. The minimum Gasteiger partial charge on any atom is -0.493 e. The van der Waals surface area contributed by atoms with Crippen molar-refractivity contribution in [2.45, 2.75) is 35.5 Å². The second-order valence-corrected chi connectivity index (χ2v) is 13.3. The first-order valence-electron chi connectivity index (χ1n) is 12.3. The number of sulfonamides is 2. The van der Waals surface area contributed by atoms with Crippen LogP contribution < -0.4 is 9.47 Å². The summed E-state index contributed by atoms with van der Waals surface area (Å²) in [6.07, 6.45) is 4.58. The van der Waals surface area contributed by atoms with Crippen LogP contribution in [0.5, 0.6) is 11.5 Å². The van der Waals surface area contributed by atoms with E-state index in [2.05, 4.69) is 18.9 Å². The Balaban J connectivity index is 1.12. The molecule has 2 aromatic carbocycles. The third kappa shape index (κ3) is 5.25. The largest absolute Gasteiger partial charge is 0.493 e. The molecule has 0 aliphatic heterocycles. The van der Waals surface area contributed by atoms with Gasteiger partial charge in [-0.3, -0.25) is 0 Å². The van der Waals surface area contributed by atoms with E-state index in [9.17, 15) is 16.8 Å². The van der Waals surface area contributed by atoms with E-state index in [-0.39, 0.29) is 9.79 Å². The van der Waals surface area contributed by atoms with Crippen molar-refractivity contribution in [1.29, 1.82) is 0 Å². The Bertz CT molecular complexity index is 1500. The van der Waals surface area contributed by atoms with E-state index >= 15 is 0 Å². The monoisotopic (exact) mass is 558 g/mol. The molecule has 0 heterocycles. The summed E-state index contributed by atoms with van der Waals surface area (Å²) in [5, 5.41) is 0. The highest BCUT2D eigenvalue weighted by atomic mass is 32.2. The molecule has 3 fully saturated rings.